The number of alkyl halides is 3. The van der Waals surface area contributed by atoms with E-state index in [1.807, 2.05) is 0 Å². The lowest BCUT2D eigenvalue weighted by molar-refractivity contribution is -0.185. The first-order valence-corrected chi connectivity index (χ1v) is 9.35. The average molecular weight is 447 g/mol. The zero-order valence-corrected chi connectivity index (χ0v) is 16.3. The Balaban J connectivity index is 1.76. The standard InChI is InChI=1S/C18H18ClF3N4O4/c19-11-1-2-14(24-3-5-25(6-4-24)17(30)18(20,21)22)12(9-11)23-13-10-15(28)26(7-8-27)16(13)29/h1-2,9-10,23,27H,3-8H2. The second-order valence-corrected chi connectivity index (χ2v) is 7.08. The number of β-amino-alcohol motifs (C(OH)–C–C–N with tert-alkyl or cyclic N) is 1. The van der Waals surface area contributed by atoms with Crippen molar-refractivity contribution in [1.82, 2.24) is 9.80 Å². The number of rotatable bonds is 5. The van der Waals surface area contributed by atoms with E-state index in [-0.39, 0.29) is 45.0 Å². The van der Waals surface area contributed by atoms with Crippen molar-refractivity contribution >= 4 is 40.7 Å². The summed E-state index contributed by atoms with van der Waals surface area (Å²) in [5, 5.41) is 12.2. The molecule has 3 rings (SSSR count). The molecule has 1 fully saturated rings. The van der Waals surface area contributed by atoms with Crippen molar-refractivity contribution in [2.24, 2.45) is 0 Å². The lowest BCUT2D eigenvalue weighted by Crippen LogP contribution is -2.52. The second-order valence-electron chi connectivity index (χ2n) is 6.64. The van der Waals surface area contributed by atoms with Gasteiger partial charge in [-0.3, -0.25) is 19.3 Å². The third kappa shape index (κ3) is 4.51. The molecular formula is C18H18ClF3N4O4. The summed E-state index contributed by atoms with van der Waals surface area (Å²) in [5.41, 5.74) is 0.930. The van der Waals surface area contributed by atoms with E-state index in [1.54, 1.807) is 17.0 Å². The fraction of sp³-hybridized carbons (Fsp3) is 0.389. The van der Waals surface area contributed by atoms with E-state index in [0.717, 1.165) is 15.9 Å². The highest BCUT2D eigenvalue weighted by Crippen LogP contribution is 2.32. The van der Waals surface area contributed by atoms with E-state index in [2.05, 4.69) is 5.32 Å². The summed E-state index contributed by atoms with van der Waals surface area (Å²) in [5.74, 6) is -3.05. The SMILES string of the molecule is O=C1C=C(Nc2cc(Cl)ccc2N2CCN(C(=O)C(F)(F)F)CC2)C(=O)N1CCO. The Morgan fingerprint density at radius 3 is 2.43 bits per heavy atom. The Morgan fingerprint density at radius 2 is 1.83 bits per heavy atom. The predicted octanol–water partition coefficient (Wildman–Crippen LogP) is 1.21. The fourth-order valence-corrected chi connectivity index (χ4v) is 3.44. The minimum absolute atomic E-state index is 0.0112. The zero-order valence-electron chi connectivity index (χ0n) is 15.6. The summed E-state index contributed by atoms with van der Waals surface area (Å²) in [4.78, 5) is 39.1. The number of hydrogen-bond donors (Lipinski definition) is 2. The molecule has 0 spiro atoms. The molecule has 3 amide bonds. The first kappa shape index (κ1) is 21.9. The lowest BCUT2D eigenvalue weighted by atomic mass is 10.2. The van der Waals surface area contributed by atoms with Crippen LogP contribution in [0.15, 0.2) is 30.0 Å². The van der Waals surface area contributed by atoms with Crippen molar-refractivity contribution in [2.75, 3.05) is 49.5 Å². The van der Waals surface area contributed by atoms with E-state index in [0.29, 0.717) is 16.4 Å². The first-order valence-electron chi connectivity index (χ1n) is 8.98. The van der Waals surface area contributed by atoms with Gasteiger partial charge in [-0.1, -0.05) is 11.6 Å². The summed E-state index contributed by atoms with van der Waals surface area (Å²) < 4.78 is 37.9. The smallest absolute Gasteiger partial charge is 0.395 e. The predicted molar refractivity (Wildman–Crippen MR) is 102 cm³/mol. The second kappa shape index (κ2) is 8.52. The van der Waals surface area contributed by atoms with Crippen LogP contribution in [0.2, 0.25) is 5.02 Å². The van der Waals surface area contributed by atoms with E-state index < -0.39 is 23.9 Å². The Kier molecular flexibility index (Phi) is 6.22. The Labute approximate surface area is 174 Å². The summed E-state index contributed by atoms with van der Waals surface area (Å²) >= 11 is 6.05. The highest BCUT2D eigenvalue weighted by atomic mass is 35.5. The molecule has 0 atom stereocenters. The molecule has 2 aliphatic heterocycles. The minimum Gasteiger partial charge on any atom is -0.395 e. The molecular weight excluding hydrogens is 429 g/mol. The number of anilines is 2. The van der Waals surface area contributed by atoms with Crippen LogP contribution in [-0.2, 0) is 14.4 Å². The Morgan fingerprint density at radius 1 is 1.17 bits per heavy atom. The molecule has 162 valence electrons. The van der Waals surface area contributed by atoms with E-state index in [4.69, 9.17) is 16.7 Å². The third-order valence-electron chi connectivity index (χ3n) is 4.71. The molecule has 8 nitrogen and oxygen atoms in total. The van der Waals surface area contributed by atoms with Crippen LogP contribution >= 0.6 is 11.6 Å². The molecule has 0 bridgehead atoms. The summed E-state index contributed by atoms with van der Waals surface area (Å²) in [6.45, 7) is -0.476. The molecule has 1 aromatic rings. The number of hydrogen-bond acceptors (Lipinski definition) is 6. The molecule has 30 heavy (non-hydrogen) atoms. The van der Waals surface area contributed by atoms with Gasteiger partial charge in [0.15, 0.2) is 0 Å². The number of benzene rings is 1. The quantitative estimate of drug-likeness (QED) is 0.660. The van der Waals surface area contributed by atoms with Gasteiger partial charge in [0, 0.05) is 37.3 Å². The maximum absolute atomic E-state index is 12.6. The number of halogens is 4. The molecule has 2 heterocycles. The van der Waals surface area contributed by atoms with Gasteiger partial charge in [-0.15, -0.1) is 0 Å². The number of nitrogens with zero attached hydrogens (tertiary/aromatic N) is 3. The molecule has 1 saturated heterocycles. The highest BCUT2D eigenvalue weighted by Gasteiger charge is 2.43. The third-order valence-corrected chi connectivity index (χ3v) is 4.95. The number of carbonyl (C=O) groups excluding carboxylic acids is 3. The summed E-state index contributed by atoms with van der Waals surface area (Å²) in [7, 11) is 0. The molecule has 0 aromatic heterocycles. The highest BCUT2D eigenvalue weighted by molar-refractivity contribution is 6.31. The molecule has 2 N–H and O–H groups in total. The Bertz CT molecular complexity index is 898. The molecule has 1 aromatic carbocycles. The average Bonchev–Trinajstić information content (AvgIpc) is 2.95. The summed E-state index contributed by atoms with van der Waals surface area (Å²) in [6.07, 6.45) is -3.82. The van der Waals surface area contributed by atoms with E-state index >= 15 is 0 Å². The van der Waals surface area contributed by atoms with Crippen LogP contribution < -0.4 is 10.2 Å². The molecule has 0 radical (unpaired) electrons. The number of amides is 3. The molecule has 0 saturated carbocycles. The van der Waals surface area contributed by atoms with Crippen LogP contribution in [0.3, 0.4) is 0 Å². The van der Waals surface area contributed by atoms with E-state index in [1.165, 1.54) is 6.07 Å². The first-order chi connectivity index (χ1) is 14.1. The molecule has 0 unspecified atom stereocenters. The number of imide groups is 1. The number of piperazine rings is 1. The van der Waals surface area contributed by atoms with Crippen LogP contribution in [0.4, 0.5) is 24.5 Å². The fourth-order valence-electron chi connectivity index (χ4n) is 3.27. The molecule has 2 aliphatic rings. The van der Waals surface area contributed by atoms with Crippen LogP contribution in [-0.4, -0.2) is 78.1 Å². The summed E-state index contributed by atoms with van der Waals surface area (Å²) in [6, 6.07) is 4.75. The van der Waals surface area contributed by atoms with Gasteiger partial charge < -0.3 is 20.2 Å². The van der Waals surface area contributed by atoms with Crippen LogP contribution in [0.5, 0.6) is 0 Å². The normalized spacial score (nSPS) is 17.5. The van der Waals surface area contributed by atoms with Gasteiger partial charge in [0.2, 0.25) is 0 Å². The minimum atomic E-state index is -4.92. The van der Waals surface area contributed by atoms with Crippen LogP contribution in [0, 0.1) is 0 Å². The van der Waals surface area contributed by atoms with Crippen molar-refractivity contribution in [3.63, 3.8) is 0 Å². The van der Waals surface area contributed by atoms with Gasteiger partial charge in [-0.2, -0.15) is 13.2 Å². The van der Waals surface area contributed by atoms with Gasteiger partial charge >= 0.3 is 12.1 Å². The molecule has 12 heteroatoms. The Hall–Kier alpha value is -2.79. The number of carbonyl (C=O) groups is 3. The van der Waals surface area contributed by atoms with Crippen molar-refractivity contribution < 1.29 is 32.7 Å². The maximum Gasteiger partial charge on any atom is 0.471 e. The van der Waals surface area contributed by atoms with Crippen molar-refractivity contribution in [2.45, 2.75) is 6.18 Å². The van der Waals surface area contributed by atoms with Gasteiger partial charge in [0.05, 0.1) is 24.5 Å². The van der Waals surface area contributed by atoms with Gasteiger partial charge in [0.1, 0.15) is 5.70 Å². The lowest BCUT2D eigenvalue weighted by Gasteiger charge is -2.37. The van der Waals surface area contributed by atoms with Crippen LogP contribution in [0.1, 0.15) is 0 Å². The number of aliphatic hydroxyl groups is 1. The number of aliphatic hydroxyl groups excluding tert-OH is 1. The largest absolute Gasteiger partial charge is 0.471 e. The van der Waals surface area contributed by atoms with Crippen LogP contribution in [0.25, 0.3) is 0 Å². The topological polar surface area (TPSA) is 93.2 Å². The van der Waals surface area contributed by atoms with E-state index in [9.17, 15) is 27.6 Å². The maximum atomic E-state index is 12.6. The van der Waals surface area contributed by atoms with Gasteiger partial charge in [-0.25, -0.2) is 0 Å². The van der Waals surface area contributed by atoms with Gasteiger partial charge in [0.25, 0.3) is 11.8 Å². The molecule has 0 aliphatic carbocycles. The van der Waals surface area contributed by atoms with Crippen molar-refractivity contribution in [3.8, 4) is 0 Å². The van der Waals surface area contributed by atoms with Crippen molar-refractivity contribution in [1.29, 1.82) is 0 Å². The number of nitrogens with one attached hydrogen (secondary N) is 1. The van der Waals surface area contributed by atoms with Crippen molar-refractivity contribution in [3.05, 3.63) is 35.0 Å². The zero-order chi connectivity index (χ0) is 22.1. The monoisotopic (exact) mass is 446 g/mol. The van der Waals surface area contributed by atoms with Gasteiger partial charge in [-0.05, 0) is 18.2 Å².